The quantitative estimate of drug-likeness (QED) is 0.766. The Kier molecular flexibility index (Phi) is 2.55. The fraction of sp³-hybridized carbons (Fsp3) is 0.938. The van der Waals surface area contributed by atoms with Crippen LogP contribution in [0, 0.1) is 11.3 Å². The Morgan fingerprint density at radius 2 is 1.84 bits per heavy atom. The van der Waals surface area contributed by atoms with Crippen molar-refractivity contribution in [2.45, 2.75) is 69.9 Å². The summed E-state index contributed by atoms with van der Waals surface area (Å²) in [6, 6.07) is 0.273. The van der Waals surface area contributed by atoms with E-state index in [-0.39, 0.29) is 17.1 Å². The predicted octanol–water partition coefficient (Wildman–Crippen LogP) is 2.74. The fourth-order valence-electron chi connectivity index (χ4n) is 4.32. The van der Waals surface area contributed by atoms with E-state index in [2.05, 4.69) is 11.8 Å². The third-order valence-electron chi connectivity index (χ3n) is 6.18. The van der Waals surface area contributed by atoms with E-state index < -0.39 is 0 Å². The van der Waals surface area contributed by atoms with Gasteiger partial charge in [-0.25, -0.2) is 0 Å². The van der Waals surface area contributed by atoms with Crippen molar-refractivity contribution in [3.05, 3.63) is 0 Å². The molecule has 0 radical (unpaired) electrons. The number of carbonyl (C=O) groups is 1. The maximum atomic E-state index is 13.1. The molecule has 3 heteroatoms. The molecule has 1 saturated heterocycles. The minimum atomic E-state index is 0.0384. The Labute approximate surface area is 115 Å². The van der Waals surface area contributed by atoms with Crippen LogP contribution in [0.1, 0.15) is 58.3 Å². The van der Waals surface area contributed by atoms with E-state index in [0.29, 0.717) is 11.8 Å². The highest BCUT2D eigenvalue weighted by molar-refractivity contribution is 5.85. The normalized spacial score (nSPS) is 35.6. The second-order valence-electron chi connectivity index (χ2n) is 7.41. The molecule has 1 spiro atoms. The van der Waals surface area contributed by atoms with Gasteiger partial charge in [-0.3, -0.25) is 4.79 Å². The summed E-state index contributed by atoms with van der Waals surface area (Å²) in [7, 11) is 0. The lowest BCUT2D eigenvalue weighted by Gasteiger charge is -2.54. The standard InChI is InChI=1S/C16H25NO2/c1-12-10-19-15(6-2-7-15)11-17(12)14(18)16(8-3-9-16)13-4-5-13/h12-13H,2-11H2,1H3. The molecular formula is C16H25NO2. The summed E-state index contributed by atoms with van der Waals surface area (Å²) in [6.07, 6.45) is 9.70. The number of rotatable bonds is 2. The van der Waals surface area contributed by atoms with Crippen molar-refractivity contribution < 1.29 is 9.53 Å². The zero-order valence-electron chi connectivity index (χ0n) is 12.0. The maximum absolute atomic E-state index is 13.1. The molecule has 0 aromatic carbocycles. The summed E-state index contributed by atoms with van der Waals surface area (Å²) in [6.45, 7) is 3.76. The first-order valence-corrected chi connectivity index (χ1v) is 8.10. The van der Waals surface area contributed by atoms with Crippen LogP contribution < -0.4 is 0 Å². The van der Waals surface area contributed by atoms with Crippen molar-refractivity contribution in [1.29, 1.82) is 0 Å². The van der Waals surface area contributed by atoms with Crippen molar-refractivity contribution in [2.24, 2.45) is 11.3 Å². The minimum Gasteiger partial charge on any atom is -0.371 e. The summed E-state index contributed by atoms with van der Waals surface area (Å²) < 4.78 is 6.04. The molecule has 3 aliphatic carbocycles. The Morgan fingerprint density at radius 3 is 2.32 bits per heavy atom. The molecule has 0 aromatic rings. The Balaban J connectivity index is 1.54. The number of hydrogen-bond acceptors (Lipinski definition) is 2. The molecule has 0 N–H and O–H groups in total. The van der Waals surface area contributed by atoms with Crippen molar-refractivity contribution in [2.75, 3.05) is 13.2 Å². The van der Waals surface area contributed by atoms with E-state index in [9.17, 15) is 4.79 Å². The lowest BCUT2D eigenvalue weighted by molar-refractivity contribution is -0.190. The van der Waals surface area contributed by atoms with Gasteiger partial charge in [0.25, 0.3) is 0 Å². The van der Waals surface area contributed by atoms with Crippen LogP contribution in [0.2, 0.25) is 0 Å². The van der Waals surface area contributed by atoms with Crippen LogP contribution in [0.15, 0.2) is 0 Å². The summed E-state index contributed by atoms with van der Waals surface area (Å²) in [5.41, 5.74) is 0.0905. The molecule has 1 amide bonds. The SMILES string of the molecule is CC1COC2(CCC2)CN1C(=O)C1(C2CC2)CCC1. The van der Waals surface area contributed by atoms with Gasteiger partial charge in [-0.1, -0.05) is 6.42 Å². The third kappa shape index (κ3) is 1.70. The van der Waals surface area contributed by atoms with Gasteiger partial charge in [0.2, 0.25) is 5.91 Å². The van der Waals surface area contributed by atoms with Crippen molar-refractivity contribution >= 4 is 5.91 Å². The van der Waals surface area contributed by atoms with Crippen molar-refractivity contribution in [3.63, 3.8) is 0 Å². The van der Waals surface area contributed by atoms with Gasteiger partial charge in [0, 0.05) is 0 Å². The fourth-order valence-corrected chi connectivity index (χ4v) is 4.32. The predicted molar refractivity (Wildman–Crippen MR) is 72.7 cm³/mol. The van der Waals surface area contributed by atoms with Crippen LogP contribution in [0.5, 0.6) is 0 Å². The van der Waals surface area contributed by atoms with Gasteiger partial charge in [0.1, 0.15) is 0 Å². The maximum Gasteiger partial charge on any atom is 0.229 e. The van der Waals surface area contributed by atoms with Crippen LogP contribution in [0.25, 0.3) is 0 Å². The molecule has 1 unspecified atom stereocenters. The first-order chi connectivity index (χ1) is 9.15. The number of amides is 1. The van der Waals surface area contributed by atoms with Crippen LogP contribution >= 0.6 is 0 Å². The molecule has 4 aliphatic rings. The van der Waals surface area contributed by atoms with Gasteiger partial charge in [-0.05, 0) is 57.8 Å². The first-order valence-electron chi connectivity index (χ1n) is 8.10. The number of morpholine rings is 1. The summed E-state index contributed by atoms with van der Waals surface area (Å²) in [5.74, 6) is 1.18. The van der Waals surface area contributed by atoms with Gasteiger partial charge < -0.3 is 9.64 Å². The molecule has 1 aliphatic heterocycles. The van der Waals surface area contributed by atoms with Crippen molar-refractivity contribution in [1.82, 2.24) is 4.90 Å². The van der Waals surface area contributed by atoms with Crippen LogP contribution in [-0.4, -0.2) is 35.6 Å². The highest BCUT2D eigenvalue weighted by atomic mass is 16.5. The average Bonchev–Trinajstić information content (AvgIpc) is 3.11. The molecule has 19 heavy (non-hydrogen) atoms. The average molecular weight is 263 g/mol. The zero-order valence-corrected chi connectivity index (χ0v) is 12.0. The van der Waals surface area contributed by atoms with E-state index in [1.165, 1.54) is 25.7 Å². The molecular weight excluding hydrogens is 238 g/mol. The van der Waals surface area contributed by atoms with Gasteiger partial charge in [-0.15, -0.1) is 0 Å². The molecule has 4 rings (SSSR count). The van der Waals surface area contributed by atoms with E-state index in [0.717, 1.165) is 38.8 Å². The van der Waals surface area contributed by atoms with E-state index in [4.69, 9.17) is 4.74 Å². The van der Waals surface area contributed by atoms with Gasteiger partial charge in [0.05, 0.1) is 30.2 Å². The molecule has 4 fully saturated rings. The summed E-state index contributed by atoms with van der Waals surface area (Å²) >= 11 is 0. The monoisotopic (exact) mass is 263 g/mol. The first kappa shape index (κ1) is 12.2. The molecule has 0 aromatic heterocycles. The van der Waals surface area contributed by atoms with Crippen LogP contribution in [-0.2, 0) is 9.53 Å². The highest BCUT2D eigenvalue weighted by Crippen LogP contribution is 2.58. The molecule has 3 nitrogen and oxygen atoms in total. The molecule has 3 saturated carbocycles. The van der Waals surface area contributed by atoms with Crippen LogP contribution in [0.4, 0.5) is 0 Å². The number of nitrogens with zero attached hydrogens (tertiary/aromatic N) is 1. The number of hydrogen-bond donors (Lipinski definition) is 0. The van der Waals surface area contributed by atoms with Gasteiger partial charge in [-0.2, -0.15) is 0 Å². The van der Waals surface area contributed by atoms with E-state index in [1.807, 2.05) is 0 Å². The minimum absolute atomic E-state index is 0.0384. The Bertz CT molecular complexity index is 394. The lowest BCUT2D eigenvalue weighted by atomic mass is 9.64. The Hall–Kier alpha value is -0.570. The number of carbonyl (C=O) groups excluding carboxylic acids is 1. The highest BCUT2D eigenvalue weighted by Gasteiger charge is 2.57. The lowest BCUT2D eigenvalue weighted by Crippen LogP contribution is -2.63. The largest absolute Gasteiger partial charge is 0.371 e. The third-order valence-corrected chi connectivity index (χ3v) is 6.18. The van der Waals surface area contributed by atoms with E-state index in [1.54, 1.807) is 0 Å². The molecule has 1 heterocycles. The zero-order chi connectivity index (χ0) is 13.1. The Morgan fingerprint density at radius 1 is 1.16 bits per heavy atom. The smallest absolute Gasteiger partial charge is 0.229 e. The molecule has 1 atom stereocenters. The van der Waals surface area contributed by atoms with Crippen LogP contribution in [0.3, 0.4) is 0 Å². The number of ether oxygens (including phenoxy) is 1. The van der Waals surface area contributed by atoms with E-state index >= 15 is 0 Å². The second kappa shape index (κ2) is 3.97. The van der Waals surface area contributed by atoms with Gasteiger partial charge >= 0.3 is 0 Å². The van der Waals surface area contributed by atoms with Crippen molar-refractivity contribution in [3.8, 4) is 0 Å². The molecule has 106 valence electrons. The topological polar surface area (TPSA) is 29.5 Å². The van der Waals surface area contributed by atoms with Gasteiger partial charge in [0.15, 0.2) is 0 Å². The molecule has 0 bridgehead atoms. The second-order valence-corrected chi connectivity index (χ2v) is 7.41. The summed E-state index contributed by atoms with van der Waals surface area (Å²) in [4.78, 5) is 15.3. The summed E-state index contributed by atoms with van der Waals surface area (Å²) in [5, 5.41) is 0.